The fourth-order valence-corrected chi connectivity index (χ4v) is 5.08. The molecule has 0 bridgehead atoms. The van der Waals surface area contributed by atoms with Crippen LogP contribution in [0, 0.1) is 0 Å². The van der Waals surface area contributed by atoms with Gasteiger partial charge >= 0.3 is 6.03 Å². The second-order valence-corrected chi connectivity index (χ2v) is 10.2. The van der Waals surface area contributed by atoms with Gasteiger partial charge in [-0.2, -0.15) is 0 Å². The van der Waals surface area contributed by atoms with Gasteiger partial charge < -0.3 is 15.0 Å². The minimum Gasteiger partial charge on any atom is -0.376 e. The maximum atomic E-state index is 13.1. The van der Waals surface area contributed by atoms with E-state index in [1.165, 1.54) is 0 Å². The van der Waals surface area contributed by atoms with Crippen molar-refractivity contribution in [3.8, 4) is 0 Å². The topological polar surface area (TPSA) is 75.7 Å². The third kappa shape index (κ3) is 4.63. The van der Waals surface area contributed by atoms with Crippen molar-refractivity contribution in [2.75, 3.05) is 18.5 Å². The highest BCUT2D eigenvalue weighted by Gasteiger charge is 2.31. The molecule has 0 spiro atoms. The normalized spacial score (nSPS) is 20.9. The van der Waals surface area contributed by atoms with Crippen LogP contribution in [-0.2, 0) is 14.6 Å². The summed E-state index contributed by atoms with van der Waals surface area (Å²) in [5, 5.41) is 2.33. The number of urea groups is 1. The van der Waals surface area contributed by atoms with Crippen LogP contribution in [0.1, 0.15) is 52.4 Å². The average Bonchev–Trinajstić information content (AvgIpc) is 3.33. The minimum absolute atomic E-state index is 0.0750. The molecule has 0 aromatic heterocycles. The van der Waals surface area contributed by atoms with Gasteiger partial charge in [0.1, 0.15) is 0 Å². The van der Waals surface area contributed by atoms with Crippen LogP contribution in [0.15, 0.2) is 29.2 Å². The van der Waals surface area contributed by atoms with Crippen molar-refractivity contribution in [2.24, 2.45) is 0 Å². The molecule has 1 N–H and O–H groups in total. The molecule has 1 aliphatic heterocycles. The molecule has 7 heteroatoms. The van der Waals surface area contributed by atoms with E-state index in [0.29, 0.717) is 12.2 Å². The third-order valence-corrected chi connectivity index (χ3v) is 7.72. The molecule has 1 heterocycles. The number of carbonyl (C=O) groups excluding carboxylic acids is 1. The second kappa shape index (κ2) is 8.61. The summed E-state index contributed by atoms with van der Waals surface area (Å²) in [6, 6.07) is 6.62. The van der Waals surface area contributed by atoms with Crippen molar-refractivity contribution in [2.45, 2.75) is 74.7 Å². The van der Waals surface area contributed by atoms with Gasteiger partial charge in [0.25, 0.3) is 0 Å². The molecule has 1 aliphatic carbocycles. The zero-order valence-corrected chi connectivity index (χ0v) is 17.0. The first-order valence-electron chi connectivity index (χ1n) is 9.91. The number of para-hydroxylation sites is 1. The van der Waals surface area contributed by atoms with Crippen LogP contribution in [0.5, 0.6) is 0 Å². The standard InChI is InChI=1S/C20H30N2O4S/c1-15(2)27(24,25)19-12-6-5-11-18(19)21-20(23)22(16-8-3-4-9-16)14-17-10-7-13-26-17/h5-6,11-12,15-17H,3-4,7-10,13-14H2,1-2H3,(H,21,23). The Bertz CT molecular complexity index is 751. The monoisotopic (exact) mass is 394 g/mol. The maximum absolute atomic E-state index is 13.1. The zero-order valence-electron chi connectivity index (χ0n) is 16.2. The minimum atomic E-state index is -3.48. The van der Waals surface area contributed by atoms with Crippen molar-refractivity contribution >= 4 is 21.6 Å². The van der Waals surface area contributed by atoms with Crippen LogP contribution in [0.25, 0.3) is 0 Å². The molecule has 1 aromatic carbocycles. The molecule has 1 saturated heterocycles. The Morgan fingerprint density at radius 3 is 2.52 bits per heavy atom. The molecule has 1 unspecified atom stereocenters. The Labute approximate surface area is 162 Å². The Morgan fingerprint density at radius 2 is 1.89 bits per heavy atom. The lowest BCUT2D eigenvalue weighted by Gasteiger charge is -2.31. The van der Waals surface area contributed by atoms with Gasteiger partial charge in [0.05, 0.1) is 21.9 Å². The number of anilines is 1. The highest BCUT2D eigenvalue weighted by Crippen LogP contribution is 2.28. The summed E-state index contributed by atoms with van der Waals surface area (Å²) < 4.78 is 31.0. The van der Waals surface area contributed by atoms with Gasteiger partial charge in [-0.1, -0.05) is 25.0 Å². The highest BCUT2D eigenvalue weighted by molar-refractivity contribution is 7.92. The SMILES string of the molecule is CC(C)S(=O)(=O)c1ccccc1NC(=O)N(CC1CCCO1)C1CCCC1. The summed E-state index contributed by atoms with van der Waals surface area (Å²) in [5.41, 5.74) is 0.353. The molecular formula is C20H30N2O4S. The third-order valence-electron chi connectivity index (χ3n) is 5.51. The number of ether oxygens (including phenoxy) is 1. The van der Waals surface area contributed by atoms with Crippen LogP contribution in [0.2, 0.25) is 0 Å². The van der Waals surface area contributed by atoms with Gasteiger partial charge in [-0.15, -0.1) is 0 Å². The summed E-state index contributed by atoms with van der Waals surface area (Å²) in [7, 11) is -3.48. The molecule has 0 radical (unpaired) electrons. The van der Waals surface area contributed by atoms with E-state index >= 15 is 0 Å². The number of nitrogens with zero attached hydrogens (tertiary/aromatic N) is 1. The number of hydrogen-bond acceptors (Lipinski definition) is 4. The fourth-order valence-electron chi connectivity index (χ4n) is 3.88. The van der Waals surface area contributed by atoms with Crippen molar-refractivity contribution in [3.63, 3.8) is 0 Å². The van der Waals surface area contributed by atoms with Gasteiger partial charge in [0.2, 0.25) is 0 Å². The average molecular weight is 395 g/mol. The first-order valence-corrected chi connectivity index (χ1v) is 11.5. The number of hydrogen-bond donors (Lipinski definition) is 1. The van der Waals surface area contributed by atoms with Crippen molar-refractivity contribution in [3.05, 3.63) is 24.3 Å². The summed E-state index contributed by atoms with van der Waals surface area (Å²) in [4.78, 5) is 15.1. The van der Waals surface area contributed by atoms with Crippen LogP contribution in [-0.4, -0.2) is 49.9 Å². The first-order chi connectivity index (χ1) is 12.9. The van der Waals surface area contributed by atoms with Crippen LogP contribution < -0.4 is 5.32 Å². The van der Waals surface area contributed by atoms with Gasteiger partial charge in [-0.3, -0.25) is 0 Å². The van der Waals surface area contributed by atoms with Gasteiger partial charge in [-0.25, -0.2) is 13.2 Å². The summed E-state index contributed by atoms with van der Waals surface area (Å²) in [6.45, 7) is 4.61. The van der Waals surface area contributed by atoms with E-state index in [0.717, 1.165) is 45.1 Å². The molecule has 27 heavy (non-hydrogen) atoms. The summed E-state index contributed by atoms with van der Waals surface area (Å²) in [5.74, 6) is 0. The lowest BCUT2D eigenvalue weighted by atomic mass is 10.1. The van der Waals surface area contributed by atoms with Crippen molar-refractivity contribution < 1.29 is 17.9 Å². The largest absolute Gasteiger partial charge is 0.376 e. The number of amides is 2. The predicted octanol–water partition coefficient (Wildman–Crippen LogP) is 3.82. The molecule has 2 fully saturated rings. The Morgan fingerprint density at radius 1 is 1.19 bits per heavy atom. The molecule has 3 rings (SSSR count). The highest BCUT2D eigenvalue weighted by atomic mass is 32.2. The van der Waals surface area contributed by atoms with E-state index in [2.05, 4.69) is 5.32 Å². The molecular weight excluding hydrogens is 364 g/mol. The lowest BCUT2D eigenvalue weighted by molar-refractivity contribution is 0.0729. The molecule has 1 aromatic rings. The molecule has 2 aliphatic rings. The first kappa shape index (κ1) is 20.1. The smallest absolute Gasteiger partial charge is 0.322 e. The Hall–Kier alpha value is -1.60. The van der Waals surface area contributed by atoms with Gasteiger partial charge in [-0.05, 0) is 51.7 Å². The second-order valence-electron chi connectivity index (χ2n) is 7.75. The number of nitrogens with one attached hydrogen (secondary N) is 1. The van der Waals surface area contributed by atoms with Crippen LogP contribution in [0.3, 0.4) is 0 Å². The molecule has 1 saturated carbocycles. The van der Waals surface area contributed by atoms with E-state index in [4.69, 9.17) is 4.74 Å². The van der Waals surface area contributed by atoms with Gasteiger partial charge in [0, 0.05) is 19.2 Å². The fraction of sp³-hybridized carbons (Fsp3) is 0.650. The maximum Gasteiger partial charge on any atom is 0.322 e. The molecule has 150 valence electrons. The Kier molecular flexibility index (Phi) is 6.42. The Balaban J connectivity index is 1.81. The van der Waals surface area contributed by atoms with E-state index in [1.807, 2.05) is 4.90 Å². The van der Waals surface area contributed by atoms with E-state index in [9.17, 15) is 13.2 Å². The number of carbonyl (C=O) groups is 1. The lowest BCUT2D eigenvalue weighted by Crippen LogP contribution is -2.45. The van der Waals surface area contributed by atoms with E-state index in [1.54, 1.807) is 38.1 Å². The quantitative estimate of drug-likeness (QED) is 0.796. The van der Waals surface area contributed by atoms with Crippen LogP contribution >= 0.6 is 0 Å². The number of benzene rings is 1. The van der Waals surface area contributed by atoms with Crippen molar-refractivity contribution in [1.29, 1.82) is 0 Å². The van der Waals surface area contributed by atoms with Crippen LogP contribution in [0.4, 0.5) is 10.5 Å². The van der Waals surface area contributed by atoms with E-state index in [-0.39, 0.29) is 23.1 Å². The predicted molar refractivity (Wildman–Crippen MR) is 106 cm³/mol. The number of sulfone groups is 1. The zero-order chi connectivity index (χ0) is 19.4. The summed E-state index contributed by atoms with van der Waals surface area (Å²) >= 11 is 0. The molecule has 2 amide bonds. The summed E-state index contributed by atoms with van der Waals surface area (Å²) in [6.07, 6.45) is 6.30. The van der Waals surface area contributed by atoms with E-state index < -0.39 is 15.1 Å². The number of rotatable bonds is 6. The molecule has 1 atom stereocenters. The van der Waals surface area contributed by atoms with Gasteiger partial charge in [0.15, 0.2) is 9.84 Å². The van der Waals surface area contributed by atoms with Crippen molar-refractivity contribution in [1.82, 2.24) is 4.90 Å². The molecule has 6 nitrogen and oxygen atoms in total.